The largest absolute Gasteiger partial charge is 0.480 e. The molecule has 0 saturated heterocycles. The Bertz CT molecular complexity index is 628. The van der Waals surface area contributed by atoms with Crippen molar-refractivity contribution in [2.24, 2.45) is 22.9 Å². The minimum absolute atomic E-state index is 0.385. The number of benzene rings is 1. The van der Waals surface area contributed by atoms with E-state index in [1.165, 1.54) is 6.92 Å². The van der Waals surface area contributed by atoms with E-state index < -0.39 is 42.1 Å². The van der Waals surface area contributed by atoms with Crippen molar-refractivity contribution in [3.63, 3.8) is 0 Å². The van der Waals surface area contributed by atoms with Crippen LogP contribution in [0.2, 0.25) is 0 Å². The summed E-state index contributed by atoms with van der Waals surface area (Å²) >= 11 is 0. The van der Waals surface area contributed by atoms with Crippen molar-refractivity contribution in [1.82, 2.24) is 0 Å². The molecule has 10 N–H and O–H groups in total. The van der Waals surface area contributed by atoms with Gasteiger partial charge in [-0.1, -0.05) is 36.8 Å². The molecular formula is C19H32N4O6. The SMILES string of the molecule is C[C@@H](OC(=O)[C@@H](N)CCCCN)[C@H](N)C(=O)O.N[C@@H](Cc1ccccc1)C(=O)O. The second kappa shape index (κ2) is 14.5. The van der Waals surface area contributed by atoms with Crippen LogP contribution in [0.25, 0.3) is 0 Å². The van der Waals surface area contributed by atoms with Crippen molar-refractivity contribution in [3.8, 4) is 0 Å². The van der Waals surface area contributed by atoms with Gasteiger partial charge >= 0.3 is 17.9 Å². The molecule has 0 saturated carbocycles. The van der Waals surface area contributed by atoms with Crippen LogP contribution in [0, 0.1) is 0 Å². The van der Waals surface area contributed by atoms with Gasteiger partial charge in [-0.25, -0.2) is 0 Å². The Morgan fingerprint density at radius 2 is 1.55 bits per heavy atom. The van der Waals surface area contributed by atoms with Gasteiger partial charge in [0.1, 0.15) is 24.2 Å². The van der Waals surface area contributed by atoms with Crippen molar-refractivity contribution >= 4 is 17.9 Å². The summed E-state index contributed by atoms with van der Waals surface area (Å²) in [6.45, 7) is 1.96. The number of carbonyl (C=O) groups is 3. The number of esters is 1. The molecule has 1 rings (SSSR count). The van der Waals surface area contributed by atoms with Crippen LogP contribution in [-0.4, -0.2) is 58.9 Å². The van der Waals surface area contributed by atoms with Crippen LogP contribution >= 0.6 is 0 Å². The van der Waals surface area contributed by atoms with Gasteiger partial charge in [0.05, 0.1) is 0 Å². The average Bonchev–Trinajstić information content (AvgIpc) is 2.68. The summed E-state index contributed by atoms with van der Waals surface area (Å²) in [4.78, 5) is 32.4. The molecule has 4 atom stereocenters. The van der Waals surface area contributed by atoms with Crippen molar-refractivity contribution in [2.75, 3.05) is 6.54 Å². The van der Waals surface area contributed by atoms with E-state index in [9.17, 15) is 14.4 Å². The van der Waals surface area contributed by atoms with Crippen LogP contribution in [0.4, 0.5) is 0 Å². The zero-order valence-corrected chi connectivity index (χ0v) is 16.6. The fourth-order valence-electron chi connectivity index (χ4n) is 2.13. The predicted molar refractivity (Wildman–Crippen MR) is 108 cm³/mol. The Labute approximate surface area is 170 Å². The zero-order valence-electron chi connectivity index (χ0n) is 16.6. The minimum Gasteiger partial charge on any atom is -0.480 e. The molecule has 0 amide bonds. The van der Waals surface area contributed by atoms with Crippen LogP contribution in [0.15, 0.2) is 30.3 Å². The topological polar surface area (TPSA) is 205 Å². The number of unbranched alkanes of at least 4 members (excludes halogenated alkanes) is 1. The fourth-order valence-corrected chi connectivity index (χ4v) is 2.13. The third-order valence-electron chi connectivity index (χ3n) is 3.98. The number of ether oxygens (including phenoxy) is 1. The molecule has 0 radical (unpaired) electrons. The van der Waals surface area contributed by atoms with E-state index in [1.807, 2.05) is 30.3 Å². The molecular weight excluding hydrogens is 380 g/mol. The highest BCUT2D eigenvalue weighted by molar-refractivity contribution is 5.77. The maximum Gasteiger partial charge on any atom is 0.324 e. The van der Waals surface area contributed by atoms with Crippen molar-refractivity contribution in [2.45, 2.75) is 56.8 Å². The number of carbonyl (C=O) groups excluding carboxylic acids is 1. The second-order valence-corrected chi connectivity index (χ2v) is 6.53. The molecule has 10 heteroatoms. The van der Waals surface area contributed by atoms with Gasteiger partial charge in [0.15, 0.2) is 0 Å². The number of carboxylic acid groups (broad SMARTS) is 2. The van der Waals surface area contributed by atoms with Crippen LogP contribution in [0.5, 0.6) is 0 Å². The predicted octanol–water partition coefficient (Wildman–Crippen LogP) is -0.573. The Morgan fingerprint density at radius 1 is 0.966 bits per heavy atom. The van der Waals surface area contributed by atoms with Crippen molar-refractivity contribution in [1.29, 1.82) is 0 Å². The molecule has 0 fully saturated rings. The second-order valence-electron chi connectivity index (χ2n) is 6.53. The minimum atomic E-state index is -1.24. The number of carboxylic acids is 2. The van der Waals surface area contributed by atoms with E-state index in [0.717, 1.165) is 18.4 Å². The highest BCUT2D eigenvalue weighted by Crippen LogP contribution is 2.04. The number of hydrogen-bond donors (Lipinski definition) is 6. The summed E-state index contributed by atoms with van der Waals surface area (Å²) in [6.07, 6.45) is 1.46. The normalized spacial score (nSPS) is 14.5. The van der Waals surface area contributed by atoms with E-state index >= 15 is 0 Å². The lowest BCUT2D eigenvalue weighted by molar-refractivity contribution is -0.155. The Balaban J connectivity index is 0.000000571. The highest BCUT2D eigenvalue weighted by Gasteiger charge is 2.25. The number of nitrogens with two attached hydrogens (primary N) is 4. The Kier molecular flexibility index (Phi) is 13.2. The molecule has 1 aromatic carbocycles. The summed E-state index contributed by atoms with van der Waals surface area (Å²) in [5.74, 6) is -2.81. The number of aliphatic carboxylic acids is 2. The first-order valence-electron chi connectivity index (χ1n) is 9.27. The molecule has 0 spiro atoms. The van der Waals surface area contributed by atoms with Crippen molar-refractivity contribution in [3.05, 3.63) is 35.9 Å². The molecule has 164 valence electrons. The van der Waals surface area contributed by atoms with E-state index in [-0.39, 0.29) is 0 Å². The first-order valence-corrected chi connectivity index (χ1v) is 9.27. The molecule has 29 heavy (non-hydrogen) atoms. The Morgan fingerprint density at radius 3 is 2.03 bits per heavy atom. The van der Waals surface area contributed by atoms with Gasteiger partial charge in [-0.15, -0.1) is 0 Å². The van der Waals surface area contributed by atoms with Gasteiger partial charge in [-0.3, -0.25) is 14.4 Å². The van der Waals surface area contributed by atoms with Gasteiger partial charge in [-0.2, -0.15) is 0 Å². The summed E-state index contributed by atoms with van der Waals surface area (Å²) < 4.78 is 4.86. The highest BCUT2D eigenvalue weighted by atomic mass is 16.5. The third kappa shape index (κ3) is 11.8. The molecule has 0 heterocycles. The molecule has 0 aliphatic heterocycles. The maximum absolute atomic E-state index is 11.4. The van der Waals surface area contributed by atoms with E-state index in [4.69, 9.17) is 37.9 Å². The monoisotopic (exact) mass is 412 g/mol. The average molecular weight is 412 g/mol. The van der Waals surface area contributed by atoms with Crippen LogP contribution < -0.4 is 22.9 Å². The zero-order chi connectivity index (χ0) is 22.4. The molecule has 10 nitrogen and oxygen atoms in total. The van der Waals surface area contributed by atoms with Crippen molar-refractivity contribution < 1.29 is 29.3 Å². The lowest BCUT2D eigenvalue weighted by Gasteiger charge is -2.19. The summed E-state index contributed by atoms with van der Waals surface area (Å²) in [5.41, 5.74) is 22.5. The van der Waals surface area contributed by atoms with Gasteiger partial charge in [0.2, 0.25) is 0 Å². The standard InChI is InChI=1S/C10H21N3O4.C9H11NO2/c1-6(8(13)9(14)15)17-10(16)7(12)4-2-3-5-11;10-8(9(11)12)6-7-4-2-1-3-5-7/h6-8H,2-5,11-13H2,1H3,(H,14,15);1-5,8H,6,10H2,(H,11,12)/t6-,7+,8+;8-/m10/s1. The molecule has 0 unspecified atom stereocenters. The van der Waals surface area contributed by atoms with E-state index in [1.54, 1.807) is 0 Å². The summed E-state index contributed by atoms with van der Waals surface area (Å²) in [7, 11) is 0. The van der Waals surface area contributed by atoms with Crippen LogP contribution in [0.3, 0.4) is 0 Å². The third-order valence-corrected chi connectivity index (χ3v) is 3.98. The smallest absolute Gasteiger partial charge is 0.324 e. The van der Waals surface area contributed by atoms with Gasteiger partial charge in [0, 0.05) is 0 Å². The first-order chi connectivity index (χ1) is 13.6. The maximum atomic E-state index is 11.4. The quantitative estimate of drug-likeness (QED) is 0.201. The number of hydrogen-bond acceptors (Lipinski definition) is 8. The molecule has 1 aromatic rings. The lowest BCUT2D eigenvalue weighted by atomic mass is 10.1. The van der Waals surface area contributed by atoms with E-state index in [2.05, 4.69) is 0 Å². The van der Waals surface area contributed by atoms with Crippen LogP contribution in [-0.2, 0) is 25.5 Å². The van der Waals surface area contributed by atoms with Gasteiger partial charge in [0.25, 0.3) is 0 Å². The Hall–Kier alpha value is -2.53. The summed E-state index contributed by atoms with van der Waals surface area (Å²) in [6, 6.07) is 6.54. The summed E-state index contributed by atoms with van der Waals surface area (Å²) in [5, 5.41) is 17.1. The van der Waals surface area contributed by atoms with Gasteiger partial charge < -0.3 is 37.9 Å². The molecule has 0 bridgehead atoms. The van der Waals surface area contributed by atoms with E-state index in [0.29, 0.717) is 19.4 Å². The molecule has 0 aliphatic rings. The lowest BCUT2D eigenvalue weighted by Crippen LogP contribution is -2.45. The fraction of sp³-hybridized carbons (Fsp3) is 0.526. The van der Waals surface area contributed by atoms with Crippen LogP contribution in [0.1, 0.15) is 31.7 Å². The molecule has 0 aromatic heterocycles. The number of rotatable bonds is 11. The molecule has 0 aliphatic carbocycles. The van der Waals surface area contributed by atoms with Gasteiger partial charge in [-0.05, 0) is 38.3 Å². The first kappa shape index (κ1) is 26.5.